The summed E-state index contributed by atoms with van der Waals surface area (Å²) in [6.07, 6.45) is 0. The van der Waals surface area contributed by atoms with Crippen LogP contribution in [0.15, 0.2) is 33.6 Å². The van der Waals surface area contributed by atoms with Crippen molar-refractivity contribution in [2.24, 2.45) is 0 Å². The Morgan fingerprint density at radius 2 is 1.88 bits per heavy atom. The lowest BCUT2D eigenvalue weighted by Gasteiger charge is -2.03. The van der Waals surface area contributed by atoms with E-state index in [1.54, 1.807) is 12.1 Å². The Kier molecular flexibility index (Phi) is 2.88. The van der Waals surface area contributed by atoms with E-state index in [4.69, 9.17) is 16.1 Å². The number of H-pyrrole nitrogens is 1. The summed E-state index contributed by atoms with van der Waals surface area (Å²) in [5, 5.41) is 3.33. The molecule has 2 aromatic rings. The zero-order valence-electron chi connectivity index (χ0n) is 9.08. The van der Waals surface area contributed by atoms with Crippen molar-refractivity contribution in [3.63, 3.8) is 0 Å². The van der Waals surface area contributed by atoms with Gasteiger partial charge in [0.1, 0.15) is 0 Å². The average molecular weight is 238 g/mol. The molecule has 0 aliphatic heterocycles. The molecule has 2 rings (SSSR count). The summed E-state index contributed by atoms with van der Waals surface area (Å²) in [5.74, 6) is 0.119. The molecule has 0 unspecified atom stereocenters. The third-order valence-electron chi connectivity index (χ3n) is 2.45. The molecule has 0 atom stereocenters. The summed E-state index contributed by atoms with van der Waals surface area (Å²) >= 11 is 5.81. The summed E-state index contributed by atoms with van der Waals surface area (Å²) < 4.78 is 4.83. The molecule has 0 saturated carbocycles. The van der Waals surface area contributed by atoms with Crippen LogP contribution in [-0.2, 0) is 0 Å². The number of hydrogen-bond donors (Lipinski definition) is 1. The molecule has 1 N–H and O–H groups in total. The lowest BCUT2D eigenvalue weighted by Crippen LogP contribution is -2.04. The van der Waals surface area contributed by atoms with Gasteiger partial charge in [0.05, 0.1) is 11.3 Å². The molecule has 0 aliphatic rings. The van der Waals surface area contributed by atoms with Gasteiger partial charge in [0.2, 0.25) is 0 Å². The summed E-state index contributed by atoms with van der Waals surface area (Å²) in [6, 6.07) is 7.28. The SMILES string of the molecule is CC(C)c1c(-c2ccc(Cl)cc2)[nH]oc1=O. The van der Waals surface area contributed by atoms with Gasteiger partial charge >= 0.3 is 5.63 Å². The van der Waals surface area contributed by atoms with Gasteiger partial charge in [0, 0.05) is 10.6 Å². The molecule has 84 valence electrons. The van der Waals surface area contributed by atoms with Crippen molar-refractivity contribution in [1.82, 2.24) is 5.16 Å². The third kappa shape index (κ3) is 1.91. The molecule has 0 bridgehead atoms. The quantitative estimate of drug-likeness (QED) is 0.870. The van der Waals surface area contributed by atoms with Crippen LogP contribution in [0.1, 0.15) is 25.3 Å². The van der Waals surface area contributed by atoms with Gasteiger partial charge < -0.3 is 4.52 Å². The smallest absolute Gasteiger partial charge is 0.338 e. The van der Waals surface area contributed by atoms with Gasteiger partial charge in [0.25, 0.3) is 0 Å². The minimum atomic E-state index is -0.306. The van der Waals surface area contributed by atoms with Crippen molar-refractivity contribution in [1.29, 1.82) is 0 Å². The summed E-state index contributed by atoms with van der Waals surface area (Å²) in [7, 11) is 0. The predicted octanol–water partition coefficient (Wildman–Crippen LogP) is 3.41. The van der Waals surface area contributed by atoms with Crippen molar-refractivity contribution in [3.05, 3.63) is 45.3 Å². The van der Waals surface area contributed by atoms with E-state index in [9.17, 15) is 4.79 Å². The second-order valence-corrected chi connectivity index (χ2v) is 4.38. The molecule has 4 heteroatoms. The first kappa shape index (κ1) is 11.0. The number of aromatic amines is 1. The second kappa shape index (κ2) is 4.18. The monoisotopic (exact) mass is 237 g/mol. The van der Waals surface area contributed by atoms with E-state index in [-0.39, 0.29) is 11.5 Å². The number of nitrogens with one attached hydrogen (secondary N) is 1. The third-order valence-corrected chi connectivity index (χ3v) is 2.70. The van der Waals surface area contributed by atoms with Crippen LogP contribution < -0.4 is 5.63 Å². The van der Waals surface area contributed by atoms with Crippen LogP contribution in [0.3, 0.4) is 0 Å². The molecule has 1 aromatic carbocycles. The van der Waals surface area contributed by atoms with Crippen LogP contribution >= 0.6 is 11.6 Å². The Morgan fingerprint density at radius 1 is 1.25 bits per heavy atom. The first-order chi connectivity index (χ1) is 7.59. The molecule has 1 aromatic heterocycles. The van der Waals surface area contributed by atoms with Gasteiger partial charge in [-0.3, -0.25) is 0 Å². The van der Waals surface area contributed by atoms with Crippen molar-refractivity contribution in [2.75, 3.05) is 0 Å². The Hall–Kier alpha value is -1.48. The van der Waals surface area contributed by atoms with Gasteiger partial charge in [-0.1, -0.05) is 37.6 Å². The minimum absolute atomic E-state index is 0.119. The standard InChI is InChI=1S/C12H12ClNO2/c1-7(2)10-11(14-16-12(10)15)8-3-5-9(13)6-4-8/h3-7,14H,1-2H3. The Morgan fingerprint density at radius 3 is 2.44 bits per heavy atom. The first-order valence-corrected chi connectivity index (χ1v) is 5.44. The van der Waals surface area contributed by atoms with Crippen LogP contribution in [0.2, 0.25) is 5.02 Å². The summed E-state index contributed by atoms with van der Waals surface area (Å²) in [6.45, 7) is 3.92. The number of benzene rings is 1. The van der Waals surface area contributed by atoms with Crippen LogP contribution in [0.4, 0.5) is 0 Å². The average Bonchev–Trinajstić information content (AvgIpc) is 2.61. The van der Waals surface area contributed by atoms with E-state index in [1.165, 1.54) is 0 Å². The predicted molar refractivity (Wildman–Crippen MR) is 63.9 cm³/mol. The van der Waals surface area contributed by atoms with Crippen molar-refractivity contribution in [2.45, 2.75) is 19.8 Å². The number of halogens is 1. The second-order valence-electron chi connectivity index (χ2n) is 3.94. The summed E-state index contributed by atoms with van der Waals surface area (Å²) in [5.41, 5.74) is 2.00. The van der Waals surface area contributed by atoms with Crippen LogP contribution in [0.5, 0.6) is 0 Å². The lowest BCUT2D eigenvalue weighted by molar-refractivity contribution is 0.391. The molecule has 0 spiro atoms. The van der Waals surface area contributed by atoms with Gasteiger partial charge in [-0.05, 0) is 18.1 Å². The maximum atomic E-state index is 11.5. The molecule has 0 saturated heterocycles. The number of aromatic nitrogens is 1. The minimum Gasteiger partial charge on any atom is -0.338 e. The highest BCUT2D eigenvalue weighted by atomic mass is 35.5. The molecule has 1 heterocycles. The van der Waals surface area contributed by atoms with E-state index in [2.05, 4.69) is 5.16 Å². The Balaban J connectivity index is 2.56. The van der Waals surface area contributed by atoms with E-state index in [0.29, 0.717) is 10.6 Å². The summed E-state index contributed by atoms with van der Waals surface area (Å²) in [4.78, 5) is 11.5. The van der Waals surface area contributed by atoms with Gasteiger partial charge in [0.15, 0.2) is 0 Å². The topological polar surface area (TPSA) is 46.0 Å². The fourth-order valence-electron chi connectivity index (χ4n) is 1.66. The van der Waals surface area contributed by atoms with Crippen molar-refractivity contribution in [3.8, 4) is 11.3 Å². The number of hydrogen-bond acceptors (Lipinski definition) is 2. The van der Waals surface area contributed by atoms with Gasteiger partial charge in [-0.2, -0.15) is 0 Å². The van der Waals surface area contributed by atoms with Crippen LogP contribution in [0.25, 0.3) is 11.3 Å². The fraction of sp³-hybridized carbons (Fsp3) is 0.250. The van der Waals surface area contributed by atoms with Crippen LogP contribution in [-0.4, -0.2) is 5.16 Å². The molecule has 3 nitrogen and oxygen atoms in total. The largest absolute Gasteiger partial charge is 0.361 e. The Labute approximate surface area is 98.0 Å². The molecule has 0 aliphatic carbocycles. The van der Waals surface area contributed by atoms with E-state index >= 15 is 0 Å². The van der Waals surface area contributed by atoms with E-state index < -0.39 is 0 Å². The normalized spacial score (nSPS) is 11.0. The Bertz CT molecular complexity index is 537. The van der Waals surface area contributed by atoms with Gasteiger partial charge in [-0.15, -0.1) is 0 Å². The van der Waals surface area contributed by atoms with Crippen molar-refractivity contribution < 1.29 is 4.52 Å². The molecule has 0 amide bonds. The van der Waals surface area contributed by atoms with Crippen molar-refractivity contribution >= 4 is 11.6 Å². The van der Waals surface area contributed by atoms with Gasteiger partial charge in [-0.25, -0.2) is 9.95 Å². The molecular weight excluding hydrogens is 226 g/mol. The maximum Gasteiger partial charge on any atom is 0.361 e. The molecule has 0 radical (unpaired) electrons. The first-order valence-electron chi connectivity index (χ1n) is 5.07. The lowest BCUT2D eigenvalue weighted by atomic mass is 10.00. The van der Waals surface area contributed by atoms with E-state index in [0.717, 1.165) is 11.3 Å². The highest BCUT2D eigenvalue weighted by molar-refractivity contribution is 6.30. The highest BCUT2D eigenvalue weighted by Crippen LogP contribution is 2.25. The van der Waals surface area contributed by atoms with E-state index in [1.807, 2.05) is 26.0 Å². The maximum absolute atomic E-state index is 11.5. The fourth-order valence-corrected chi connectivity index (χ4v) is 1.79. The zero-order valence-corrected chi connectivity index (χ0v) is 9.84. The molecule has 0 fully saturated rings. The van der Waals surface area contributed by atoms with Crippen LogP contribution in [0, 0.1) is 0 Å². The molecular formula is C12H12ClNO2. The highest BCUT2D eigenvalue weighted by Gasteiger charge is 2.16. The number of rotatable bonds is 2. The zero-order chi connectivity index (χ0) is 11.7. The molecule has 16 heavy (non-hydrogen) atoms.